The molecule has 6 rings (SSSR count). The van der Waals surface area contributed by atoms with E-state index in [-0.39, 0.29) is 18.6 Å². The van der Waals surface area contributed by atoms with Crippen molar-refractivity contribution in [2.75, 3.05) is 19.2 Å². The van der Waals surface area contributed by atoms with Crippen LogP contribution >= 0.6 is 0 Å². The standard InChI is InChI=1S/C27H23N3O4/c1-29-14-20(17-7-5-6-10-21(17)29)25-24(18-8-3-4-9-19(18)27(32)30(25)2)26(31)28-16-11-12-22-23(13-16)34-15-33-22/h3-14,24-25H,15H2,1-2H3,(H,28,31). The number of fused-ring (bicyclic) bond motifs is 3. The van der Waals surface area contributed by atoms with Gasteiger partial charge in [-0.15, -0.1) is 0 Å². The Morgan fingerprint density at radius 2 is 1.71 bits per heavy atom. The molecule has 2 atom stereocenters. The number of para-hydroxylation sites is 1. The molecule has 3 heterocycles. The lowest BCUT2D eigenvalue weighted by molar-refractivity contribution is -0.119. The summed E-state index contributed by atoms with van der Waals surface area (Å²) < 4.78 is 12.9. The van der Waals surface area contributed by atoms with Crippen LogP contribution in [0.5, 0.6) is 11.5 Å². The number of hydrogen-bond acceptors (Lipinski definition) is 4. The monoisotopic (exact) mass is 453 g/mol. The number of aryl methyl sites for hydroxylation is 1. The molecule has 7 heteroatoms. The summed E-state index contributed by atoms with van der Waals surface area (Å²) in [5.74, 6) is 0.360. The van der Waals surface area contributed by atoms with Gasteiger partial charge in [-0.2, -0.15) is 0 Å². The number of nitrogens with one attached hydrogen (secondary N) is 1. The van der Waals surface area contributed by atoms with E-state index in [1.54, 1.807) is 36.2 Å². The van der Waals surface area contributed by atoms with E-state index in [2.05, 4.69) is 5.32 Å². The summed E-state index contributed by atoms with van der Waals surface area (Å²) in [6.07, 6.45) is 2.02. The van der Waals surface area contributed by atoms with Gasteiger partial charge >= 0.3 is 0 Å². The Morgan fingerprint density at radius 3 is 2.59 bits per heavy atom. The van der Waals surface area contributed by atoms with Crippen molar-refractivity contribution in [2.24, 2.45) is 7.05 Å². The summed E-state index contributed by atoms with van der Waals surface area (Å²) in [6.45, 7) is 0.165. The second-order valence-corrected chi connectivity index (χ2v) is 8.70. The molecule has 7 nitrogen and oxygen atoms in total. The Bertz CT molecular complexity index is 1460. The number of carbonyl (C=O) groups is 2. The van der Waals surface area contributed by atoms with Crippen molar-refractivity contribution in [2.45, 2.75) is 12.0 Å². The van der Waals surface area contributed by atoms with Crippen LogP contribution in [0, 0.1) is 0 Å². The van der Waals surface area contributed by atoms with Crippen molar-refractivity contribution in [3.05, 3.63) is 89.6 Å². The average Bonchev–Trinajstić information content (AvgIpc) is 3.45. The number of likely N-dealkylation sites (N-methyl/N-ethyl adjacent to an activating group) is 1. The van der Waals surface area contributed by atoms with Gasteiger partial charge in [0.2, 0.25) is 12.7 Å². The predicted molar refractivity (Wildman–Crippen MR) is 128 cm³/mol. The van der Waals surface area contributed by atoms with Gasteiger partial charge in [-0.05, 0) is 29.8 Å². The molecule has 2 amide bonds. The van der Waals surface area contributed by atoms with E-state index in [9.17, 15) is 9.59 Å². The van der Waals surface area contributed by atoms with Crippen molar-refractivity contribution in [1.29, 1.82) is 0 Å². The Balaban J connectivity index is 1.48. The first kappa shape index (κ1) is 20.4. The van der Waals surface area contributed by atoms with Crippen LogP contribution in [-0.2, 0) is 11.8 Å². The zero-order valence-corrected chi connectivity index (χ0v) is 18.8. The van der Waals surface area contributed by atoms with Gasteiger partial charge in [0.1, 0.15) is 0 Å². The number of rotatable bonds is 3. The minimum atomic E-state index is -0.602. The van der Waals surface area contributed by atoms with Gasteiger partial charge < -0.3 is 24.3 Å². The third-order valence-corrected chi connectivity index (χ3v) is 6.75. The van der Waals surface area contributed by atoms with Crippen LogP contribution in [-0.4, -0.2) is 35.1 Å². The Morgan fingerprint density at radius 1 is 0.941 bits per heavy atom. The molecule has 0 aliphatic carbocycles. The number of carbonyl (C=O) groups excluding carboxylic acids is 2. The molecule has 0 bridgehead atoms. The maximum atomic E-state index is 13.9. The average molecular weight is 453 g/mol. The Hall–Kier alpha value is -4.26. The normalized spacial score (nSPS) is 18.8. The molecule has 2 aliphatic rings. The molecule has 1 aromatic heterocycles. The summed E-state index contributed by atoms with van der Waals surface area (Å²) >= 11 is 0. The second kappa shape index (κ2) is 7.66. The first-order valence-corrected chi connectivity index (χ1v) is 11.1. The molecule has 170 valence electrons. The molecule has 34 heavy (non-hydrogen) atoms. The van der Waals surface area contributed by atoms with Crippen molar-refractivity contribution >= 4 is 28.4 Å². The molecule has 2 aliphatic heterocycles. The third-order valence-electron chi connectivity index (χ3n) is 6.75. The maximum absolute atomic E-state index is 13.9. The Labute approximate surface area is 196 Å². The fourth-order valence-corrected chi connectivity index (χ4v) is 5.15. The molecule has 4 aromatic rings. The van der Waals surface area contributed by atoms with Gasteiger partial charge in [-0.1, -0.05) is 36.4 Å². The molecular formula is C27H23N3O4. The molecule has 0 radical (unpaired) electrons. The number of nitrogens with zero attached hydrogens (tertiary/aromatic N) is 2. The van der Waals surface area contributed by atoms with E-state index in [1.807, 2.05) is 60.3 Å². The van der Waals surface area contributed by atoms with Crippen LogP contribution in [0.1, 0.15) is 33.4 Å². The fraction of sp³-hybridized carbons (Fsp3) is 0.185. The van der Waals surface area contributed by atoms with Gasteiger partial charge in [0.15, 0.2) is 11.5 Å². The van der Waals surface area contributed by atoms with Gasteiger partial charge in [0, 0.05) is 54.1 Å². The summed E-state index contributed by atoms with van der Waals surface area (Å²) in [7, 11) is 3.75. The highest BCUT2D eigenvalue weighted by atomic mass is 16.7. The largest absolute Gasteiger partial charge is 0.454 e. The molecule has 3 aromatic carbocycles. The van der Waals surface area contributed by atoms with E-state index in [1.165, 1.54) is 0 Å². The molecule has 0 spiro atoms. The van der Waals surface area contributed by atoms with Crippen molar-refractivity contribution in [3.8, 4) is 11.5 Å². The minimum Gasteiger partial charge on any atom is -0.454 e. The van der Waals surface area contributed by atoms with Crippen molar-refractivity contribution in [3.63, 3.8) is 0 Å². The quantitative estimate of drug-likeness (QED) is 0.497. The first-order valence-electron chi connectivity index (χ1n) is 11.1. The molecule has 0 saturated heterocycles. The zero-order valence-electron chi connectivity index (χ0n) is 18.8. The number of anilines is 1. The van der Waals surface area contributed by atoms with Gasteiger partial charge in [-0.25, -0.2) is 0 Å². The van der Waals surface area contributed by atoms with Crippen LogP contribution in [0.25, 0.3) is 10.9 Å². The summed E-state index contributed by atoms with van der Waals surface area (Å²) in [5.41, 5.74) is 3.87. The lowest BCUT2D eigenvalue weighted by atomic mass is 9.79. The van der Waals surface area contributed by atoms with Crippen LogP contribution in [0.15, 0.2) is 72.9 Å². The van der Waals surface area contributed by atoms with E-state index >= 15 is 0 Å². The molecule has 0 saturated carbocycles. The van der Waals surface area contributed by atoms with E-state index < -0.39 is 12.0 Å². The van der Waals surface area contributed by atoms with Gasteiger partial charge in [0.05, 0.1) is 12.0 Å². The minimum absolute atomic E-state index is 0.0966. The summed E-state index contributed by atoms with van der Waals surface area (Å²) in [6, 6.07) is 20.3. The van der Waals surface area contributed by atoms with E-state index in [0.29, 0.717) is 22.7 Å². The van der Waals surface area contributed by atoms with E-state index in [0.717, 1.165) is 22.0 Å². The molecule has 0 fully saturated rings. The summed E-state index contributed by atoms with van der Waals surface area (Å²) in [5, 5.41) is 4.08. The topological polar surface area (TPSA) is 72.8 Å². The van der Waals surface area contributed by atoms with Crippen LogP contribution in [0.4, 0.5) is 5.69 Å². The maximum Gasteiger partial charge on any atom is 0.254 e. The van der Waals surface area contributed by atoms with Gasteiger partial charge in [-0.3, -0.25) is 9.59 Å². The van der Waals surface area contributed by atoms with Gasteiger partial charge in [0.25, 0.3) is 5.91 Å². The van der Waals surface area contributed by atoms with Crippen LogP contribution in [0.2, 0.25) is 0 Å². The van der Waals surface area contributed by atoms with Crippen molar-refractivity contribution < 1.29 is 19.1 Å². The predicted octanol–water partition coefficient (Wildman–Crippen LogP) is 4.46. The molecular weight excluding hydrogens is 430 g/mol. The number of ether oxygens (including phenoxy) is 2. The van der Waals surface area contributed by atoms with E-state index in [4.69, 9.17) is 9.47 Å². The number of hydrogen-bond donors (Lipinski definition) is 1. The summed E-state index contributed by atoms with van der Waals surface area (Å²) in [4.78, 5) is 28.9. The highest BCUT2D eigenvalue weighted by Crippen LogP contribution is 2.45. The third kappa shape index (κ3) is 3.04. The fourth-order valence-electron chi connectivity index (χ4n) is 5.15. The lowest BCUT2D eigenvalue weighted by Crippen LogP contribution is -2.44. The SMILES string of the molecule is CN1C(=O)c2ccccc2C(C(=O)Nc2ccc3c(c2)OCO3)C1c1cn(C)c2ccccc12. The highest BCUT2D eigenvalue weighted by Gasteiger charge is 2.43. The Kier molecular flexibility index (Phi) is 4.58. The number of aromatic nitrogens is 1. The smallest absolute Gasteiger partial charge is 0.254 e. The van der Waals surface area contributed by atoms with Crippen LogP contribution < -0.4 is 14.8 Å². The van der Waals surface area contributed by atoms with Crippen molar-refractivity contribution in [1.82, 2.24) is 9.47 Å². The first-order chi connectivity index (χ1) is 16.5. The number of amides is 2. The molecule has 1 N–H and O–H groups in total. The zero-order chi connectivity index (χ0) is 23.4. The van der Waals surface area contributed by atoms with Crippen LogP contribution in [0.3, 0.4) is 0 Å². The highest BCUT2D eigenvalue weighted by molar-refractivity contribution is 6.05. The number of benzene rings is 3. The molecule has 2 unspecified atom stereocenters. The lowest BCUT2D eigenvalue weighted by Gasteiger charge is -2.39. The second-order valence-electron chi connectivity index (χ2n) is 8.70.